The zero-order valence-electron chi connectivity index (χ0n) is 13.3. The van der Waals surface area contributed by atoms with Gasteiger partial charge in [0.05, 0.1) is 5.02 Å². The molecular formula is C16H15Cl2NO5S2. The number of benzene rings is 2. The normalized spacial score (nSPS) is 12.5. The van der Waals surface area contributed by atoms with Gasteiger partial charge in [-0.15, -0.1) is 11.8 Å². The molecule has 26 heavy (non-hydrogen) atoms. The Hall–Kier alpha value is -1.45. The van der Waals surface area contributed by atoms with E-state index in [4.69, 9.17) is 27.9 Å². The lowest BCUT2D eigenvalue weighted by Crippen LogP contribution is -2.29. The predicted octanol–water partition coefficient (Wildman–Crippen LogP) is 3.49. The molecule has 0 aliphatic heterocycles. The highest BCUT2D eigenvalue weighted by Crippen LogP contribution is 2.25. The summed E-state index contributed by atoms with van der Waals surface area (Å²) in [5, 5.41) is 9.51. The first-order valence-electron chi connectivity index (χ1n) is 7.30. The van der Waals surface area contributed by atoms with Gasteiger partial charge in [-0.05, 0) is 30.3 Å². The summed E-state index contributed by atoms with van der Waals surface area (Å²) in [6.45, 7) is -0.00221. The molecule has 0 saturated heterocycles. The lowest BCUT2D eigenvalue weighted by Gasteiger charge is -2.15. The van der Waals surface area contributed by atoms with Crippen LogP contribution in [-0.2, 0) is 14.8 Å². The number of carbonyl (C=O) groups is 1. The van der Waals surface area contributed by atoms with Crippen LogP contribution in [0, 0.1) is 0 Å². The summed E-state index contributed by atoms with van der Waals surface area (Å²) in [4.78, 5) is 11.1. The molecule has 0 saturated carbocycles. The second kappa shape index (κ2) is 9.48. The summed E-state index contributed by atoms with van der Waals surface area (Å²) in [5.41, 5.74) is -1.16. The average Bonchev–Trinajstić information content (AvgIpc) is 2.60. The van der Waals surface area contributed by atoms with E-state index in [9.17, 15) is 18.3 Å². The van der Waals surface area contributed by atoms with Crippen molar-refractivity contribution in [3.8, 4) is 5.75 Å². The Morgan fingerprint density at radius 3 is 2.54 bits per heavy atom. The van der Waals surface area contributed by atoms with Crippen LogP contribution in [0.4, 0.5) is 0 Å². The zero-order valence-corrected chi connectivity index (χ0v) is 16.4. The van der Waals surface area contributed by atoms with Crippen LogP contribution >= 0.6 is 35.0 Å². The highest BCUT2D eigenvalue weighted by Gasteiger charge is 2.21. The number of thioether (sulfide) groups is 1. The van der Waals surface area contributed by atoms with Gasteiger partial charge in [-0.3, -0.25) is 0 Å². The maximum Gasteiger partial charge on any atom is 0.355 e. The van der Waals surface area contributed by atoms with Crippen LogP contribution in [0.3, 0.4) is 0 Å². The van der Waals surface area contributed by atoms with Gasteiger partial charge in [0.15, 0.2) is 0 Å². The first-order chi connectivity index (χ1) is 12.3. The molecule has 2 rings (SSSR count). The molecule has 0 aliphatic rings. The number of hydrogen-bond donors (Lipinski definition) is 2. The minimum atomic E-state index is -3.86. The number of sulfonamides is 1. The summed E-state index contributed by atoms with van der Waals surface area (Å²) < 4.78 is 32.3. The zero-order chi connectivity index (χ0) is 19.2. The molecule has 0 amide bonds. The van der Waals surface area contributed by atoms with Crippen molar-refractivity contribution in [2.45, 2.75) is 10.3 Å². The predicted molar refractivity (Wildman–Crippen MR) is 103 cm³/mol. The Labute approximate surface area is 165 Å². The summed E-state index contributed by atoms with van der Waals surface area (Å²) >= 11 is 12.7. The van der Waals surface area contributed by atoms with Crippen LogP contribution in [-0.4, -0.2) is 37.2 Å². The van der Waals surface area contributed by atoms with Crippen molar-refractivity contribution in [2.24, 2.45) is 0 Å². The van der Waals surface area contributed by atoms with Gasteiger partial charge in [-0.25, -0.2) is 17.9 Å². The van der Waals surface area contributed by atoms with E-state index in [1.165, 1.54) is 18.2 Å². The van der Waals surface area contributed by atoms with Crippen LogP contribution < -0.4 is 9.46 Å². The van der Waals surface area contributed by atoms with E-state index >= 15 is 0 Å². The van der Waals surface area contributed by atoms with E-state index in [-0.39, 0.29) is 27.2 Å². The van der Waals surface area contributed by atoms with E-state index in [0.29, 0.717) is 5.75 Å². The lowest BCUT2D eigenvalue weighted by molar-refractivity contribution is -0.140. The van der Waals surface area contributed by atoms with Crippen molar-refractivity contribution in [3.63, 3.8) is 0 Å². The molecule has 140 valence electrons. The molecule has 0 spiro atoms. The van der Waals surface area contributed by atoms with Crippen molar-refractivity contribution in [1.29, 1.82) is 0 Å². The van der Waals surface area contributed by atoms with Gasteiger partial charge in [0.2, 0.25) is 15.5 Å². The van der Waals surface area contributed by atoms with Crippen molar-refractivity contribution < 1.29 is 23.1 Å². The van der Waals surface area contributed by atoms with Gasteiger partial charge in [0.25, 0.3) is 0 Å². The number of halogens is 2. The molecule has 0 aromatic heterocycles. The van der Waals surface area contributed by atoms with E-state index in [1.54, 1.807) is 30.3 Å². The van der Waals surface area contributed by atoms with Gasteiger partial charge in [0, 0.05) is 17.3 Å². The molecule has 6 nitrogen and oxygen atoms in total. The summed E-state index contributed by atoms with van der Waals surface area (Å²) in [6, 6.07) is 12.6. The number of para-hydroxylation sites is 1. The van der Waals surface area contributed by atoms with Crippen LogP contribution in [0.25, 0.3) is 0 Å². The number of aliphatic carboxylic acids is 1. The first-order valence-corrected chi connectivity index (χ1v) is 10.6. The first kappa shape index (κ1) is 20.9. The number of carboxylic acid groups (broad SMARTS) is 1. The number of hydrogen-bond acceptors (Lipinski definition) is 5. The molecule has 2 aromatic carbocycles. The van der Waals surface area contributed by atoms with Crippen molar-refractivity contribution >= 4 is 51.0 Å². The summed E-state index contributed by atoms with van der Waals surface area (Å²) in [5.74, 6) is -0.556. The van der Waals surface area contributed by atoms with Crippen LogP contribution in [0.15, 0.2) is 53.4 Å². The maximum atomic E-state index is 12.3. The van der Waals surface area contributed by atoms with Crippen LogP contribution in [0.5, 0.6) is 5.75 Å². The van der Waals surface area contributed by atoms with Gasteiger partial charge >= 0.3 is 5.97 Å². The molecule has 10 heteroatoms. The third-order valence-electron chi connectivity index (χ3n) is 3.03. The minimum Gasteiger partial charge on any atom is -0.478 e. The molecule has 0 bridgehead atoms. The van der Waals surface area contributed by atoms with E-state index in [2.05, 4.69) is 4.72 Å². The monoisotopic (exact) mass is 435 g/mol. The highest BCUT2D eigenvalue weighted by molar-refractivity contribution is 8.00. The Kier molecular flexibility index (Phi) is 7.60. The second-order valence-electron chi connectivity index (χ2n) is 4.94. The molecule has 1 atom stereocenters. The lowest BCUT2D eigenvalue weighted by atomic mass is 10.3. The minimum absolute atomic E-state index is 0.00221. The fourth-order valence-corrected chi connectivity index (χ4v) is 4.56. The average molecular weight is 436 g/mol. The molecule has 2 N–H and O–H groups in total. The van der Waals surface area contributed by atoms with E-state index in [1.807, 2.05) is 0 Å². The van der Waals surface area contributed by atoms with Crippen LogP contribution in [0.1, 0.15) is 0 Å². The largest absolute Gasteiger partial charge is 0.478 e. The molecule has 0 radical (unpaired) electrons. The third-order valence-corrected chi connectivity index (χ3v) is 6.25. The van der Waals surface area contributed by atoms with Crippen molar-refractivity contribution in [2.75, 3.05) is 12.3 Å². The van der Waals surface area contributed by atoms with E-state index in [0.717, 1.165) is 11.8 Å². The van der Waals surface area contributed by atoms with Crippen molar-refractivity contribution in [3.05, 3.63) is 58.6 Å². The summed E-state index contributed by atoms with van der Waals surface area (Å²) in [7, 11) is -3.86. The third kappa shape index (κ3) is 6.07. The Bertz CT molecular complexity index is 862. The maximum absolute atomic E-state index is 12.3. The number of nitrogens with one attached hydrogen (secondary N) is 1. The van der Waals surface area contributed by atoms with Gasteiger partial charge < -0.3 is 9.84 Å². The quantitative estimate of drug-likeness (QED) is 0.462. The SMILES string of the molecule is O=C(O)C(Oc1ccccc1)SCCNS(=O)(=O)c1cc(Cl)ccc1Cl. The fraction of sp³-hybridized carbons (Fsp3) is 0.188. The van der Waals surface area contributed by atoms with Gasteiger partial charge in [-0.1, -0.05) is 41.4 Å². The molecule has 0 fully saturated rings. The number of carboxylic acids is 1. The topological polar surface area (TPSA) is 92.7 Å². The fourth-order valence-electron chi connectivity index (χ4n) is 1.88. The molecular weight excluding hydrogens is 421 g/mol. The standard InChI is InChI=1S/C16H15Cl2NO5S2/c17-11-6-7-13(18)14(10-11)26(22,23)19-8-9-25-16(15(20)21)24-12-4-2-1-3-5-12/h1-7,10,16,19H,8-9H2,(H,20,21). The Morgan fingerprint density at radius 1 is 1.19 bits per heavy atom. The molecule has 1 unspecified atom stereocenters. The molecule has 0 heterocycles. The smallest absolute Gasteiger partial charge is 0.355 e. The second-order valence-corrected chi connectivity index (χ2v) is 8.69. The van der Waals surface area contributed by atoms with E-state index < -0.39 is 21.4 Å². The van der Waals surface area contributed by atoms with Crippen LogP contribution in [0.2, 0.25) is 10.0 Å². The number of rotatable bonds is 9. The summed E-state index contributed by atoms with van der Waals surface area (Å²) in [6.07, 6.45) is 0. The number of ether oxygens (including phenoxy) is 1. The van der Waals surface area contributed by atoms with Gasteiger partial charge in [0.1, 0.15) is 10.6 Å². The van der Waals surface area contributed by atoms with Gasteiger partial charge in [-0.2, -0.15) is 0 Å². The highest BCUT2D eigenvalue weighted by atomic mass is 35.5. The van der Waals surface area contributed by atoms with Crippen molar-refractivity contribution in [1.82, 2.24) is 4.72 Å². The Balaban J connectivity index is 1.91. The molecule has 2 aromatic rings. The Morgan fingerprint density at radius 2 is 1.88 bits per heavy atom. The molecule has 0 aliphatic carbocycles.